The molecule has 2 aliphatic heterocycles. The fraction of sp³-hybridized carbons (Fsp3) is 0.364. The van der Waals surface area contributed by atoms with Crippen molar-refractivity contribution in [3.8, 4) is 11.1 Å². The number of nitrogens with zero attached hydrogens (tertiary/aromatic N) is 6. The van der Waals surface area contributed by atoms with Crippen molar-refractivity contribution in [2.75, 3.05) is 25.1 Å². The molecule has 5 heterocycles. The van der Waals surface area contributed by atoms with Gasteiger partial charge in [-0.2, -0.15) is 5.10 Å². The van der Waals surface area contributed by atoms with Crippen LogP contribution >= 0.6 is 0 Å². The smallest absolute Gasteiger partial charge is 0.248 e. The SMILES string of the molecule is CC(=O)c1nn(CC(=O)N2[C@H]3C[C@@]4(COCC=CCOCc5cccnc5NC3=O)C[C@@H]24)c2ccc(-c3cnc(C)nc3)cc12. The second kappa shape index (κ2) is 11.6. The topological polar surface area (TPSA) is 141 Å². The number of nitrogens with one attached hydrogen (secondary N) is 1. The van der Waals surface area contributed by atoms with Gasteiger partial charge in [0.05, 0.1) is 31.9 Å². The fourth-order valence-electron chi connectivity index (χ4n) is 6.48. The zero-order valence-electron chi connectivity index (χ0n) is 25.1. The van der Waals surface area contributed by atoms with Gasteiger partial charge in [0.1, 0.15) is 29.9 Å². The highest BCUT2D eigenvalue weighted by molar-refractivity contribution is 6.06. The monoisotopic (exact) mass is 607 g/mol. The Morgan fingerprint density at radius 2 is 1.84 bits per heavy atom. The average Bonchev–Trinajstić information content (AvgIpc) is 3.44. The summed E-state index contributed by atoms with van der Waals surface area (Å²) in [6.07, 6.45) is 10.2. The molecule has 1 aromatic carbocycles. The molecule has 4 aromatic rings. The Morgan fingerprint density at radius 1 is 1.04 bits per heavy atom. The van der Waals surface area contributed by atoms with Gasteiger partial charge in [-0.25, -0.2) is 15.0 Å². The van der Waals surface area contributed by atoms with Crippen LogP contribution in [0.15, 0.2) is 61.1 Å². The molecule has 3 aliphatic rings. The van der Waals surface area contributed by atoms with Crippen LogP contribution in [0.3, 0.4) is 0 Å². The fourth-order valence-corrected chi connectivity index (χ4v) is 6.48. The molecule has 0 unspecified atom stereocenters. The summed E-state index contributed by atoms with van der Waals surface area (Å²) in [5, 5.41) is 8.17. The molecule has 1 saturated heterocycles. The Balaban J connectivity index is 1.19. The summed E-state index contributed by atoms with van der Waals surface area (Å²) in [6.45, 7) is 4.70. The van der Waals surface area contributed by atoms with Gasteiger partial charge in [-0.05, 0) is 43.5 Å². The van der Waals surface area contributed by atoms with Crippen LogP contribution < -0.4 is 5.32 Å². The summed E-state index contributed by atoms with van der Waals surface area (Å²) >= 11 is 0. The molecule has 45 heavy (non-hydrogen) atoms. The first-order valence-electron chi connectivity index (χ1n) is 15.0. The lowest BCUT2D eigenvalue weighted by atomic mass is 10.00. The quantitative estimate of drug-likeness (QED) is 0.273. The number of amides is 2. The number of aromatic nitrogens is 5. The number of ketones is 1. The summed E-state index contributed by atoms with van der Waals surface area (Å²) in [5.41, 5.74) is 3.02. The van der Waals surface area contributed by atoms with Crippen LogP contribution in [0.1, 0.15) is 41.6 Å². The summed E-state index contributed by atoms with van der Waals surface area (Å²) in [7, 11) is 0. The first kappa shape index (κ1) is 28.9. The second-order valence-electron chi connectivity index (χ2n) is 11.9. The number of piperidine rings is 1. The number of anilines is 1. The molecule has 2 amide bonds. The second-order valence-corrected chi connectivity index (χ2v) is 11.9. The van der Waals surface area contributed by atoms with E-state index in [1.54, 1.807) is 34.2 Å². The molecule has 1 N–H and O–H groups in total. The largest absolute Gasteiger partial charge is 0.377 e. The van der Waals surface area contributed by atoms with Gasteiger partial charge in [-0.15, -0.1) is 0 Å². The number of carbonyl (C=O) groups excluding carboxylic acids is 3. The van der Waals surface area contributed by atoms with Crippen LogP contribution in [0.5, 0.6) is 0 Å². The lowest BCUT2D eigenvalue weighted by Gasteiger charge is -2.27. The predicted octanol–water partition coefficient (Wildman–Crippen LogP) is 3.50. The van der Waals surface area contributed by atoms with Crippen LogP contribution in [0.4, 0.5) is 5.82 Å². The lowest BCUT2D eigenvalue weighted by molar-refractivity contribution is -0.138. The standard InChI is InChI=1S/C33H33N7O5/c1-20(41)30-25-12-22(24-15-35-21(2)36-16-24)7-8-26(25)39(38-30)17-29(42)40-27-13-33(14-28(33)40)19-45-11-4-3-10-44-18-23-6-5-9-34-31(23)37-32(27)43/h3-9,12,15-16,27-28H,10-11,13-14,17-19H2,1-2H3,(H,34,37,43)/t27-,28+,33-/m0/s1. The van der Waals surface area contributed by atoms with E-state index < -0.39 is 6.04 Å². The minimum absolute atomic E-state index is 0.126. The van der Waals surface area contributed by atoms with Crippen molar-refractivity contribution < 1.29 is 23.9 Å². The molecule has 0 radical (unpaired) electrons. The zero-order chi connectivity index (χ0) is 31.1. The number of hydrogen-bond donors (Lipinski definition) is 1. The van der Waals surface area contributed by atoms with Crippen molar-refractivity contribution in [1.29, 1.82) is 0 Å². The average molecular weight is 608 g/mol. The molecular formula is C33H33N7O5. The first-order chi connectivity index (χ1) is 21.8. The number of ether oxygens (including phenoxy) is 2. The highest BCUT2D eigenvalue weighted by atomic mass is 16.5. The minimum Gasteiger partial charge on any atom is -0.377 e. The van der Waals surface area contributed by atoms with Gasteiger partial charge < -0.3 is 19.7 Å². The number of Topliss-reactive ketones (excluding diaryl/α,β-unsaturated/α-hetero) is 1. The van der Waals surface area contributed by atoms with Gasteiger partial charge in [0.15, 0.2) is 5.78 Å². The Kier molecular flexibility index (Phi) is 7.46. The van der Waals surface area contributed by atoms with Crippen molar-refractivity contribution in [1.82, 2.24) is 29.6 Å². The third-order valence-electron chi connectivity index (χ3n) is 8.87. The van der Waals surface area contributed by atoms with E-state index in [-0.39, 0.29) is 47.9 Å². The van der Waals surface area contributed by atoms with Gasteiger partial charge >= 0.3 is 0 Å². The van der Waals surface area contributed by atoms with Crippen molar-refractivity contribution >= 4 is 34.3 Å². The molecule has 1 spiro atoms. The highest BCUT2D eigenvalue weighted by Gasteiger charge is 2.67. The van der Waals surface area contributed by atoms with Gasteiger partial charge in [0.25, 0.3) is 0 Å². The van der Waals surface area contributed by atoms with Gasteiger partial charge in [0.2, 0.25) is 11.8 Å². The summed E-state index contributed by atoms with van der Waals surface area (Å²) < 4.78 is 13.3. The first-order valence-corrected chi connectivity index (χ1v) is 15.0. The van der Waals surface area contributed by atoms with E-state index in [2.05, 4.69) is 25.4 Å². The normalized spacial score (nSPS) is 23.1. The van der Waals surface area contributed by atoms with Gasteiger partial charge in [-0.1, -0.05) is 24.3 Å². The predicted molar refractivity (Wildman–Crippen MR) is 164 cm³/mol. The molecule has 3 aromatic heterocycles. The summed E-state index contributed by atoms with van der Waals surface area (Å²) in [6, 6.07) is 8.43. The number of hydrogen-bond acceptors (Lipinski definition) is 9. The molecule has 3 atom stereocenters. The summed E-state index contributed by atoms with van der Waals surface area (Å²) in [4.78, 5) is 55.2. The van der Waals surface area contributed by atoms with Crippen LogP contribution in [-0.2, 0) is 32.2 Å². The van der Waals surface area contributed by atoms with E-state index in [4.69, 9.17) is 9.47 Å². The van der Waals surface area contributed by atoms with Crippen molar-refractivity contribution in [2.24, 2.45) is 5.41 Å². The highest BCUT2D eigenvalue weighted by Crippen LogP contribution is 2.60. The third kappa shape index (κ3) is 5.51. The maximum Gasteiger partial charge on any atom is 0.248 e. The lowest BCUT2D eigenvalue weighted by Crippen LogP contribution is -2.47. The van der Waals surface area contributed by atoms with E-state index in [0.29, 0.717) is 48.8 Å². The molecule has 1 saturated carbocycles. The van der Waals surface area contributed by atoms with Crippen LogP contribution in [-0.4, -0.2) is 79.1 Å². The van der Waals surface area contributed by atoms with E-state index >= 15 is 0 Å². The van der Waals surface area contributed by atoms with E-state index in [9.17, 15) is 14.4 Å². The maximum absolute atomic E-state index is 14.1. The van der Waals surface area contributed by atoms with Crippen molar-refractivity contribution in [3.05, 3.63) is 78.2 Å². The molecule has 7 rings (SSSR count). The number of aryl methyl sites for hydroxylation is 1. The molecular weight excluding hydrogens is 574 g/mol. The third-order valence-corrected chi connectivity index (χ3v) is 8.87. The number of carbonyl (C=O) groups is 3. The van der Waals surface area contributed by atoms with E-state index in [0.717, 1.165) is 23.1 Å². The Hall–Kier alpha value is -4.81. The van der Waals surface area contributed by atoms with Crippen LogP contribution in [0, 0.1) is 12.3 Å². The summed E-state index contributed by atoms with van der Waals surface area (Å²) in [5.74, 6) is 0.315. The van der Waals surface area contributed by atoms with Crippen molar-refractivity contribution in [3.63, 3.8) is 0 Å². The molecule has 12 heteroatoms. The number of pyridine rings is 1. The number of benzene rings is 1. The Bertz CT molecular complexity index is 1830. The molecule has 12 nitrogen and oxygen atoms in total. The number of likely N-dealkylation sites (tertiary alicyclic amines) is 1. The van der Waals surface area contributed by atoms with Crippen LogP contribution in [0.25, 0.3) is 22.0 Å². The molecule has 2 fully saturated rings. The number of rotatable bonds is 4. The van der Waals surface area contributed by atoms with Gasteiger partial charge in [0, 0.05) is 53.5 Å². The molecule has 1 aliphatic carbocycles. The van der Waals surface area contributed by atoms with E-state index in [1.165, 1.54) is 6.92 Å². The molecule has 2 bridgehead atoms. The van der Waals surface area contributed by atoms with E-state index in [1.807, 2.05) is 43.3 Å². The Morgan fingerprint density at radius 3 is 2.64 bits per heavy atom. The number of fused-ring (bicyclic) bond motifs is 3. The van der Waals surface area contributed by atoms with Crippen LogP contribution in [0.2, 0.25) is 0 Å². The maximum atomic E-state index is 14.1. The minimum atomic E-state index is -0.710. The zero-order valence-corrected chi connectivity index (χ0v) is 25.1. The van der Waals surface area contributed by atoms with Crippen molar-refractivity contribution in [2.45, 2.75) is 51.9 Å². The molecule has 230 valence electrons. The van der Waals surface area contributed by atoms with Gasteiger partial charge in [-0.3, -0.25) is 19.1 Å². The Labute approximate surface area is 259 Å².